The van der Waals surface area contributed by atoms with Gasteiger partial charge in [0.15, 0.2) is 6.04 Å². The second-order valence-corrected chi connectivity index (χ2v) is 11.7. The Labute approximate surface area is 201 Å². The molecule has 2 rings (SSSR count). The van der Waals surface area contributed by atoms with Gasteiger partial charge in [0.2, 0.25) is 0 Å². The van der Waals surface area contributed by atoms with Crippen molar-refractivity contribution < 1.29 is 26.9 Å². The first-order chi connectivity index (χ1) is 15.6. The highest BCUT2D eigenvalue weighted by atomic mass is 32.2. The van der Waals surface area contributed by atoms with Gasteiger partial charge in [-0.25, -0.2) is 13.7 Å². The predicted molar refractivity (Wildman–Crippen MR) is 129 cm³/mol. The molecule has 34 heavy (non-hydrogen) atoms. The second-order valence-electron chi connectivity index (χ2n) is 9.71. The van der Waals surface area contributed by atoms with E-state index in [-0.39, 0.29) is 5.71 Å². The van der Waals surface area contributed by atoms with Crippen molar-refractivity contribution in [2.24, 2.45) is 4.99 Å². The summed E-state index contributed by atoms with van der Waals surface area (Å²) >= 11 is 0. The molecule has 2 aromatic carbocycles. The molecule has 0 aromatic heterocycles. The molecule has 0 spiro atoms. The third-order valence-electron chi connectivity index (χ3n) is 4.47. The average Bonchev–Trinajstić information content (AvgIpc) is 2.71. The van der Waals surface area contributed by atoms with Crippen LogP contribution in [0.1, 0.15) is 52.7 Å². The maximum Gasteiger partial charge on any atom is 0.407 e. The van der Waals surface area contributed by atoms with Crippen LogP contribution in [0.2, 0.25) is 0 Å². The average molecular weight is 497 g/mol. The van der Waals surface area contributed by atoms with E-state index >= 15 is 0 Å². The minimum Gasteiger partial charge on any atom is -0.458 e. The highest BCUT2D eigenvalue weighted by Crippen LogP contribution is 2.28. The quantitative estimate of drug-likeness (QED) is 0.422. The Morgan fingerprint density at radius 3 is 1.68 bits per heavy atom. The number of esters is 1. The Morgan fingerprint density at radius 1 is 0.882 bits per heavy atom. The summed E-state index contributed by atoms with van der Waals surface area (Å²) in [7, 11) is -2.12. The molecule has 0 saturated heterocycles. The van der Waals surface area contributed by atoms with E-state index < -0.39 is 45.6 Å². The van der Waals surface area contributed by atoms with Crippen molar-refractivity contribution in [3.8, 4) is 0 Å². The molecular weight excluding hydrogens is 465 g/mol. The lowest BCUT2D eigenvalue weighted by Gasteiger charge is -2.31. The number of ether oxygens (including phenoxy) is 1. The van der Waals surface area contributed by atoms with Gasteiger partial charge >= 0.3 is 12.1 Å². The molecule has 5 nitrogen and oxygen atoms in total. The van der Waals surface area contributed by atoms with Crippen LogP contribution in [0.4, 0.5) is 13.2 Å². The summed E-state index contributed by atoms with van der Waals surface area (Å²) in [4.78, 5) is 17.4. The molecule has 0 aliphatic heterocycles. The number of nitrogens with one attached hydrogen (secondary N) is 1. The number of benzene rings is 2. The fourth-order valence-corrected chi connectivity index (χ4v) is 3.72. The van der Waals surface area contributed by atoms with E-state index in [1.165, 1.54) is 20.8 Å². The Balaban J connectivity index is 2.73. The summed E-state index contributed by atoms with van der Waals surface area (Å²) in [6, 6.07) is 12.6. The molecule has 0 aliphatic carbocycles. The number of aliphatic imine (C=N–C) groups is 1. The number of rotatable bonds is 7. The first-order valence-electron chi connectivity index (χ1n) is 10.8. The monoisotopic (exact) mass is 496 g/mol. The molecule has 0 bridgehead atoms. The van der Waals surface area contributed by atoms with Crippen molar-refractivity contribution in [2.75, 3.05) is 0 Å². The third-order valence-corrected chi connectivity index (χ3v) is 6.05. The molecule has 3 atom stereocenters. The van der Waals surface area contributed by atoms with Gasteiger partial charge < -0.3 is 4.74 Å². The van der Waals surface area contributed by atoms with E-state index in [4.69, 9.17) is 4.74 Å². The Kier molecular flexibility index (Phi) is 8.82. The van der Waals surface area contributed by atoms with Crippen LogP contribution in [0.3, 0.4) is 0 Å². The standard InChI is InChI=1S/C25H31F3N2O3S/c1-23(2,3)33-22(31)20(21(25(26,27)28)30-34(32)24(4,5)6)29-19(17-13-9-7-10-14-17)18-15-11-8-12-16-18/h7-16,20-21,30H,1-6H3/t20-,21-,34?/m0/s1. The van der Waals surface area contributed by atoms with Crippen LogP contribution in [-0.2, 0) is 20.5 Å². The van der Waals surface area contributed by atoms with E-state index in [1.54, 1.807) is 81.4 Å². The lowest BCUT2D eigenvalue weighted by Crippen LogP contribution is -2.56. The maximum absolute atomic E-state index is 14.3. The predicted octanol–water partition coefficient (Wildman–Crippen LogP) is 5.22. The van der Waals surface area contributed by atoms with Crippen LogP contribution >= 0.6 is 0 Å². The zero-order chi connectivity index (χ0) is 25.7. The van der Waals surface area contributed by atoms with Gasteiger partial charge in [0, 0.05) is 11.1 Å². The topological polar surface area (TPSA) is 67.8 Å². The van der Waals surface area contributed by atoms with Crippen LogP contribution in [0, 0.1) is 0 Å². The number of carbonyl (C=O) groups is 1. The van der Waals surface area contributed by atoms with Crippen molar-refractivity contribution in [1.29, 1.82) is 0 Å². The SMILES string of the molecule is CC(C)(C)OC(=O)[C@@H](N=C(c1ccccc1)c1ccccc1)[C@H](NS(=O)C(C)(C)C)C(F)(F)F. The van der Waals surface area contributed by atoms with Crippen LogP contribution in [0.25, 0.3) is 0 Å². The molecule has 0 fully saturated rings. The summed E-state index contributed by atoms with van der Waals surface area (Å²) in [5, 5.41) is 0. The molecule has 0 amide bonds. The molecule has 2 aromatic rings. The van der Waals surface area contributed by atoms with Gasteiger partial charge in [0.05, 0.1) is 21.4 Å². The normalized spacial score (nSPS) is 15.2. The van der Waals surface area contributed by atoms with Gasteiger partial charge in [0.25, 0.3) is 0 Å². The van der Waals surface area contributed by atoms with Gasteiger partial charge in [-0.05, 0) is 41.5 Å². The van der Waals surface area contributed by atoms with Crippen LogP contribution < -0.4 is 4.72 Å². The van der Waals surface area contributed by atoms with Crippen LogP contribution in [-0.4, -0.2) is 44.5 Å². The summed E-state index contributed by atoms with van der Waals surface area (Å²) in [5.41, 5.74) is 0.194. The van der Waals surface area contributed by atoms with E-state index in [0.717, 1.165) is 0 Å². The van der Waals surface area contributed by atoms with Gasteiger partial charge in [-0.2, -0.15) is 13.2 Å². The smallest absolute Gasteiger partial charge is 0.407 e. The zero-order valence-electron chi connectivity index (χ0n) is 20.1. The first kappa shape index (κ1) is 27.7. The number of halogens is 3. The van der Waals surface area contributed by atoms with Gasteiger partial charge in [-0.3, -0.25) is 4.99 Å². The molecular formula is C25H31F3N2O3S. The van der Waals surface area contributed by atoms with E-state index in [9.17, 15) is 22.2 Å². The Hall–Kier alpha value is -2.52. The minimum absolute atomic E-state index is 0.189. The summed E-state index contributed by atoms with van der Waals surface area (Å²) in [6.07, 6.45) is -4.94. The number of hydrogen-bond acceptors (Lipinski definition) is 4. The fourth-order valence-electron chi connectivity index (χ4n) is 2.87. The highest BCUT2D eigenvalue weighted by Gasteiger charge is 2.51. The van der Waals surface area contributed by atoms with Gasteiger partial charge in [-0.1, -0.05) is 60.7 Å². The Morgan fingerprint density at radius 2 is 1.32 bits per heavy atom. The van der Waals surface area contributed by atoms with Crippen molar-refractivity contribution in [2.45, 2.75) is 70.2 Å². The van der Waals surface area contributed by atoms with Crippen LogP contribution in [0.15, 0.2) is 65.7 Å². The van der Waals surface area contributed by atoms with Crippen molar-refractivity contribution in [3.05, 3.63) is 71.8 Å². The second kappa shape index (κ2) is 10.8. The molecule has 9 heteroatoms. The number of alkyl halides is 3. The zero-order valence-corrected chi connectivity index (χ0v) is 21.0. The molecule has 1 unspecified atom stereocenters. The summed E-state index contributed by atoms with van der Waals surface area (Å²) in [6.45, 7) is 9.29. The molecule has 0 heterocycles. The number of carbonyl (C=O) groups excluding carboxylic acids is 1. The number of nitrogens with zero attached hydrogens (tertiary/aromatic N) is 1. The van der Waals surface area contributed by atoms with E-state index in [0.29, 0.717) is 11.1 Å². The molecule has 0 saturated carbocycles. The van der Waals surface area contributed by atoms with E-state index in [1.807, 2.05) is 0 Å². The fraction of sp³-hybridized carbons (Fsp3) is 0.440. The minimum atomic E-state index is -4.94. The molecule has 0 radical (unpaired) electrons. The van der Waals surface area contributed by atoms with Gasteiger partial charge in [0.1, 0.15) is 11.6 Å². The van der Waals surface area contributed by atoms with E-state index in [2.05, 4.69) is 9.71 Å². The summed E-state index contributed by atoms with van der Waals surface area (Å²) in [5.74, 6) is -1.17. The highest BCUT2D eigenvalue weighted by molar-refractivity contribution is 7.84. The van der Waals surface area contributed by atoms with Crippen molar-refractivity contribution >= 4 is 22.7 Å². The van der Waals surface area contributed by atoms with Crippen LogP contribution in [0.5, 0.6) is 0 Å². The largest absolute Gasteiger partial charge is 0.458 e. The molecule has 0 aliphatic rings. The third kappa shape index (κ3) is 8.06. The summed E-state index contributed by atoms with van der Waals surface area (Å²) < 4.78 is 62.0. The lowest BCUT2D eigenvalue weighted by molar-refractivity contribution is -0.176. The molecule has 186 valence electrons. The lowest BCUT2D eigenvalue weighted by atomic mass is 10.0. The van der Waals surface area contributed by atoms with Crippen molar-refractivity contribution in [3.63, 3.8) is 0 Å². The van der Waals surface area contributed by atoms with Gasteiger partial charge in [-0.15, -0.1) is 0 Å². The Bertz CT molecular complexity index is 970. The molecule has 1 N–H and O–H groups in total. The number of hydrogen-bond donors (Lipinski definition) is 1. The van der Waals surface area contributed by atoms with Crippen molar-refractivity contribution in [1.82, 2.24) is 4.72 Å². The first-order valence-corrected chi connectivity index (χ1v) is 11.9. The maximum atomic E-state index is 14.3.